The Morgan fingerprint density at radius 1 is 0.815 bits per heavy atom. The lowest BCUT2D eigenvalue weighted by Crippen LogP contribution is -2.32. The summed E-state index contributed by atoms with van der Waals surface area (Å²) in [6, 6.07) is 28.3. The Kier molecular flexibility index (Phi) is 4.71. The second-order valence-electron chi connectivity index (χ2n) is 6.62. The van der Waals surface area contributed by atoms with Crippen molar-refractivity contribution in [3.8, 4) is 0 Å². The van der Waals surface area contributed by atoms with Crippen molar-refractivity contribution >= 4 is 23.2 Å². The molecule has 0 saturated carbocycles. The third-order valence-electron chi connectivity index (χ3n) is 4.88. The van der Waals surface area contributed by atoms with E-state index >= 15 is 0 Å². The number of amides is 2. The number of rotatable bonds is 4. The minimum absolute atomic E-state index is 0.0386. The summed E-state index contributed by atoms with van der Waals surface area (Å²) in [4.78, 5) is 27.7. The van der Waals surface area contributed by atoms with Crippen molar-refractivity contribution in [2.45, 2.75) is 12.5 Å². The van der Waals surface area contributed by atoms with Crippen LogP contribution in [0.4, 0.5) is 11.4 Å². The molecule has 1 aliphatic rings. The average molecular weight is 356 g/mol. The summed E-state index contributed by atoms with van der Waals surface area (Å²) < 4.78 is 0. The minimum atomic E-state index is -0.458. The van der Waals surface area contributed by atoms with E-state index in [1.807, 2.05) is 91.0 Å². The fourth-order valence-corrected chi connectivity index (χ4v) is 3.65. The third-order valence-corrected chi connectivity index (χ3v) is 4.88. The van der Waals surface area contributed by atoms with Gasteiger partial charge in [0.15, 0.2) is 0 Å². The van der Waals surface area contributed by atoms with Crippen LogP contribution in [-0.4, -0.2) is 11.8 Å². The van der Waals surface area contributed by atoms with Gasteiger partial charge in [0.1, 0.15) is 0 Å². The van der Waals surface area contributed by atoms with E-state index in [0.717, 1.165) is 16.9 Å². The molecule has 3 aromatic rings. The molecule has 1 saturated heterocycles. The largest absolute Gasteiger partial charge is 0.326 e. The van der Waals surface area contributed by atoms with Gasteiger partial charge in [-0.2, -0.15) is 0 Å². The standard InChI is InChI=1S/C23H20N2O2/c26-21-16-20(23(27)24-18-12-6-2-7-13-18)22(17-10-4-1-5-11-17)25(21)19-14-8-3-9-15-19/h1-15,20,22H,16H2,(H,24,27)/t20-,22+/m0/s1. The Hall–Kier alpha value is -3.40. The Balaban J connectivity index is 1.70. The van der Waals surface area contributed by atoms with E-state index in [9.17, 15) is 9.59 Å². The van der Waals surface area contributed by atoms with Gasteiger partial charge in [-0.15, -0.1) is 0 Å². The average Bonchev–Trinajstić information content (AvgIpc) is 3.07. The first-order valence-corrected chi connectivity index (χ1v) is 9.02. The molecular weight excluding hydrogens is 336 g/mol. The van der Waals surface area contributed by atoms with Crippen LogP contribution in [0.25, 0.3) is 0 Å². The Bertz CT molecular complexity index is 926. The molecule has 1 fully saturated rings. The first-order chi connectivity index (χ1) is 13.2. The fraction of sp³-hybridized carbons (Fsp3) is 0.130. The summed E-state index contributed by atoms with van der Waals surface area (Å²) in [7, 11) is 0. The number of benzene rings is 3. The Morgan fingerprint density at radius 2 is 1.37 bits per heavy atom. The molecule has 1 heterocycles. The number of para-hydroxylation sites is 2. The van der Waals surface area contributed by atoms with Gasteiger partial charge in [-0.1, -0.05) is 66.7 Å². The zero-order chi connectivity index (χ0) is 18.6. The first-order valence-electron chi connectivity index (χ1n) is 9.02. The van der Waals surface area contributed by atoms with E-state index in [2.05, 4.69) is 5.32 Å². The number of hydrogen-bond acceptors (Lipinski definition) is 2. The van der Waals surface area contributed by atoms with Crippen LogP contribution in [0, 0.1) is 5.92 Å². The molecule has 134 valence electrons. The zero-order valence-corrected chi connectivity index (χ0v) is 14.8. The molecule has 27 heavy (non-hydrogen) atoms. The molecule has 1 aliphatic heterocycles. The van der Waals surface area contributed by atoms with Gasteiger partial charge in [-0.05, 0) is 29.8 Å². The van der Waals surface area contributed by atoms with Crippen LogP contribution >= 0.6 is 0 Å². The van der Waals surface area contributed by atoms with E-state index < -0.39 is 5.92 Å². The van der Waals surface area contributed by atoms with Gasteiger partial charge >= 0.3 is 0 Å². The molecule has 0 bridgehead atoms. The minimum Gasteiger partial charge on any atom is -0.326 e. The second kappa shape index (κ2) is 7.46. The Morgan fingerprint density at radius 3 is 2.00 bits per heavy atom. The molecule has 0 aromatic heterocycles. The van der Waals surface area contributed by atoms with Crippen molar-refractivity contribution < 1.29 is 9.59 Å². The monoisotopic (exact) mass is 356 g/mol. The normalized spacial score (nSPS) is 19.1. The van der Waals surface area contributed by atoms with E-state index in [4.69, 9.17) is 0 Å². The zero-order valence-electron chi connectivity index (χ0n) is 14.8. The SMILES string of the molecule is O=C(Nc1ccccc1)[C@H]1CC(=O)N(c2ccccc2)[C@@H]1c1ccccc1. The highest BCUT2D eigenvalue weighted by Gasteiger charge is 2.45. The highest BCUT2D eigenvalue weighted by Crippen LogP contribution is 2.41. The smallest absolute Gasteiger partial charge is 0.230 e. The summed E-state index contributed by atoms with van der Waals surface area (Å²) in [5, 5.41) is 2.96. The van der Waals surface area contributed by atoms with Gasteiger partial charge in [0, 0.05) is 17.8 Å². The molecule has 0 aliphatic carbocycles. The van der Waals surface area contributed by atoms with E-state index in [0.29, 0.717) is 0 Å². The molecule has 4 rings (SSSR count). The number of nitrogens with zero attached hydrogens (tertiary/aromatic N) is 1. The van der Waals surface area contributed by atoms with Crippen LogP contribution in [0.5, 0.6) is 0 Å². The molecule has 2 amide bonds. The molecule has 4 heteroatoms. The van der Waals surface area contributed by atoms with Crippen LogP contribution in [-0.2, 0) is 9.59 Å². The number of carbonyl (C=O) groups is 2. The van der Waals surface area contributed by atoms with Gasteiger partial charge in [-0.25, -0.2) is 0 Å². The lowest BCUT2D eigenvalue weighted by Gasteiger charge is -2.28. The van der Waals surface area contributed by atoms with Gasteiger partial charge in [0.2, 0.25) is 11.8 Å². The second-order valence-corrected chi connectivity index (χ2v) is 6.62. The van der Waals surface area contributed by atoms with Crippen LogP contribution < -0.4 is 10.2 Å². The molecule has 0 radical (unpaired) electrons. The van der Waals surface area contributed by atoms with Gasteiger partial charge in [0.05, 0.1) is 12.0 Å². The van der Waals surface area contributed by atoms with Crippen LogP contribution in [0.1, 0.15) is 18.0 Å². The van der Waals surface area contributed by atoms with Gasteiger partial charge in [0.25, 0.3) is 0 Å². The van der Waals surface area contributed by atoms with Crippen LogP contribution in [0.15, 0.2) is 91.0 Å². The number of hydrogen-bond donors (Lipinski definition) is 1. The predicted octanol–water partition coefficient (Wildman–Crippen LogP) is 4.42. The quantitative estimate of drug-likeness (QED) is 0.752. The molecule has 0 spiro atoms. The lowest BCUT2D eigenvalue weighted by molar-refractivity contribution is -0.122. The molecule has 0 unspecified atom stereocenters. The highest BCUT2D eigenvalue weighted by atomic mass is 16.2. The van der Waals surface area contributed by atoms with E-state index in [-0.39, 0.29) is 24.3 Å². The maximum atomic E-state index is 13.0. The lowest BCUT2D eigenvalue weighted by atomic mass is 9.92. The van der Waals surface area contributed by atoms with Gasteiger partial charge < -0.3 is 10.2 Å². The first kappa shape index (κ1) is 17.0. The maximum Gasteiger partial charge on any atom is 0.230 e. The van der Waals surface area contributed by atoms with Crippen molar-refractivity contribution in [1.29, 1.82) is 0 Å². The number of carbonyl (C=O) groups excluding carboxylic acids is 2. The summed E-state index contributed by atoms with van der Waals surface area (Å²) in [6.45, 7) is 0. The van der Waals surface area contributed by atoms with Crippen molar-refractivity contribution in [2.24, 2.45) is 5.92 Å². The predicted molar refractivity (Wildman–Crippen MR) is 106 cm³/mol. The summed E-state index contributed by atoms with van der Waals surface area (Å²) in [5.74, 6) is -0.634. The molecule has 2 atom stereocenters. The summed E-state index contributed by atoms with van der Waals surface area (Å²) in [5.41, 5.74) is 2.51. The van der Waals surface area contributed by atoms with Crippen LogP contribution in [0.3, 0.4) is 0 Å². The van der Waals surface area contributed by atoms with Crippen molar-refractivity contribution in [2.75, 3.05) is 10.2 Å². The number of nitrogens with one attached hydrogen (secondary N) is 1. The fourth-order valence-electron chi connectivity index (χ4n) is 3.65. The maximum absolute atomic E-state index is 13.0. The van der Waals surface area contributed by atoms with Crippen molar-refractivity contribution in [3.05, 3.63) is 96.6 Å². The number of anilines is 2. The molecule has 3 aromatic carbocycles. The van der Waals surface area contributed by atoms with Gasteiger partial charge in [-0.3, -0.25) is 9.59 Å². The molecule has 1 N–H and O–H groups in total. The highest BCUT2D eigenvalue weighted by molar-refractivity contribution is 6.04. The van der Waals surface area contributed by atoms with Crippen molar-refractivity contribution in [3.63, 3.8) is 0 Å². The topological polar surface area (TPSA) is 49.4 Å². The third kappa shape index (κ3) is 3.47. The summed E-state index contributed by atoms with van der Waals surface area (Å²) >= 11 is 0. The van der Waals surface area contributed by atoms with Crippen molar-refractivity contribution in [1.82, 2.24) is 0 Å². The van der Waals surface area contributed by atoms with Crippen LogP contribution in [0.2, 0.25) is 0 Å². The summed E-state index contributed by atoms with van der Waals surface area (Å²) in [6.07, 6.45) is 0.188. The van der Waals surface area contributed by atoms with E-state index in [1.165, 1.54) is 0 Å². The Labute approximate surface area is 158 Å². The molecular formula is C23H20N2O2. The van der Waals surface area contributed by atoms with E-state index in [1.54, 1.807) is 4.90 Å². The molecule has 4 nitrogen and oxygen atoms in total.